The van der Waals surface area contributed by atoms with Gasteiger partial charge in [-0.3, -0.25) is 9.59 Å². The number of hydrogen-bond donors (Lipinski definition) is 1. The van der Waals surface area contributed by atoms with Crippen molar-refractivity contribution in [2.45, 2.75) is 51.5 Å². The Balaban J connectivity index is 3.20. The highest BCUT2D eigenvalue weighted by Crippen LogP contribution is 2.29. The Morgan fingerprint density at radius 1 is 1.08 bits per heavy atom. The fraction of sp³-hybridized carbons (Fsp3) is 0.562. The van der Waals surface area contributed by atoms with Crippen LogP contribution < -0.4 is 0 Å². The molecule has 0 saturated carbocycles. The molecular weight excluding hydrogens is 336 g/mol. The van der Waals surface area contributed by atoms with Gasteiger partial charge in [-0.2, -0.15) is 0 Å². The molecule has 1 rings (SSSR count). The van der Waals surface area contributed by atoms with E-state index in [0.29, 0.717) is 0 Å². The molecule has 1 saturated heterocycles. The quantitative estimate of drug-likeness (QED) is 0.308. The monoisotopic (exact) mass is 358 g/mol. The molecule has 0 aromatic heterocycles. The van der Waals surface area contributed by atoms with Crippen LogP contribution in [0.5, 0.6) is 0 Å². The van der Waals surface area contributed by atoms with Crippen molar-refractivity contribution in [3.05, 3.63) is 24.5 Å². The summed E-state index contributed by atoms with van der Waals surface area (Å²) in [5.74, 6) is -2.24. The number of aliphatic hydroxyl groups is 1. The average Bonchev–Trinajstić information content (AvgIpc) is 2.52. The first-order chi connectivity index (χ1) is 11.7. The zero-order chi connectivity index (χ0) is 19.1. The maximum Gasteiger partial charge on any atom is 0.338 e. The van der Waals surface area contributed by atoms with Gasteiger partial charge in [0, 0.05) is 13.8 Å². The zero-order valence-corrected chi connectivity index (χ0v) is 14.5. The van der Waals surface area contributed by atoms with Gasteiger partial charge in [-0.15, -0.1) is 0 Å². The fourth-order valence-electron chi connectivity index (χ4n) is 2.25. The van der Waals surface area contributed by atoms with Gasteiger partial charge in [-0.25, -0.2) is 4.79 Å². The van der Waals surface area contributed by atoms with E-state index in [1.54, 1.807) is 13.0 Å². The van der Waals surface area contributed by atoms with Crippen molar-refractivity contribution in [3.8, 4) is 0 Å². The summed E-state index contributed by atoms with van der Waals surface area (Å²) in [5, 5.41) is 10.3. The summed E-state index contributed by atoms with van der Waals surface area (Å²) >= 11 is 0. The molecule has 9 heteroatoms. The Morgan fingerprint density at radius 3 is 2.12 bits per heavy atom. The van der Waals surface area contributed by atoms with Crippen LogP contribution in [0.25, 0.3) is 0 Å². The zero-order valence-electron chi connectivity index (χ0n) is 14.5. The van der Waals surface area contributed by atoms with Gasteiger partial charge in [0.25, 0.3) is 0 Å². The van der Waals surface area contributed by atoms with Crippen LogP contribution in [0.1, 0.15) is 20.8 Å². The summed E-state index contributed by atoms with van der Waals surface area (Å²) in [6.07, 6.45) is -4.07. The Morgan fingerprint density at radius 2 is 1.64 bits per heavy atom. The number of carbonyl (C=O) groups excluding carboxylic acids is 3. The molecule has 1 heterocycles. The van der Waals surface area contributed by atoms with E-state index >= 15 is 0 Å². The Kier molecular flexibility index (Phi) is 7.59. The largest absolute Gasteiger partial charge is 0.467 e. The third kappa shape index (κ3) is 5.57. The van der Waals surface area contributed by atoms with Crippen molar-refractivity contribution in [1.29, 1.82) is 0 Å². The number of methoxy groups -OCH3 is 1. The predicted molar refractivity (Wildman–Crippen MR) is 82.8 cm³/mol. The van der Waals surface area contributed by atoms with Crippen LogP contribution >= 0.6 is 0 Å². The second-order valence-corrected chi connectivity index (χ2v) is 5.17. The number of hydrogen-bond acceptors (Lipinski definition) is 9. The van der Waals surface area contributed by atoms with E-state index in [-0.39, 0.29) is 5.76 Å². The molecule has 0 bridgehead atoms. The van der Waals surface area contributed by atoms with E-state index in [0.717, 1.165) is 21.0 Å². The van der Waals surface area contributed by atoms with Gasteiger partial charge in [-0.05, 0) is 13.0 Å². The molecule has 0 aliphatic carbocycles. The minimum absolute atomic E-state index is 0.145. The Labute approximate surface area is 145 Å². The highest BCUT2D eigenvalue weighted by molar-refractivity contribution is 5.76. The van der Waals surface area contributed by atoms with Crippen molar-refractivity contribution >= 4 is 17.9 Å². The van der Waals surface area contributed by atoms with Crippen LogP contribution in [0, 0.1) is 0 Å². The number of ether oxygens (including phenoxy) is 5. The molecule has 0 aromatic rings. The van der Waals surface area contributed by atoms with Crippen molar-refractivity contribution in [2.75, 3.05) is 7.11 Å². The van der Waals surface area contributed by atoms with Gasteiger partial charge in [0.2, 0.25) is 12.4 Å². The van der Waals surface area contributed by atoms with E-state index in [9.17, 15) is 19.5 Å². The average molecular weight is 358 g/mol. The molecule has 5 atom stereocenters. The van der Waals surface area contributed by atoms with E-state index in [4.69, 9.17) is 18.9 Å². The molecule has 140 valence electrons. The van der Waals surface area contributed by atoms with Crippen molar-refractivity contribution in [3.63, 3.8) is 0 Å². The number of esters is 3. The summed E-state index contributed by atoms with van der Waals surface area (Å²) in [6.45, 7) is 7.59. The summed E-state index contributed by atoms with van der Waals surface area (Å²) < 4.78 is 25.5. The van der Waals surface area contributed by atoms with E-state index < -0.39 is 48.6 Å². The Hall–Kier alpha value is -2.39. The van der Waals surface area contributed by atoms with Crippen LogP contribution in [0.15, 0.2) is 24.5 Å². The van der Waals surface area contributed by atoms with Gasteiger partial charge >= 0.3 is 17.9 Å². The Bertz CT molecular complexity index is 554. The fourth-order valence-corrected chi connectivity index (χ4v) is 2.25. The summed E-state index contributed by atoms with van der Waals surface area (Å²) in [4.78, 5) is 34.6. The molecule has 9 nitrogen and oxygen atoms in total. The standard InChI is InChI=1S/C16H22O9/c1-6-7-8(2)22-16-14(24-10(4)18)12(23-9(3)17)11(19)13(25-16)15(20)21-5/h6-7,11-14,16,19H,2H2,1,3-5H3/b7-6-/t11-,12-,13-,14+,16?/m0/s1. The van der Waals surface area contributed by atoms with Crippen molar-refractivity contribution in [1.82, 2.24) is 0 Å². The van der Waals surface area contributed by atoms with Gasteiger partial charge < -0.3 is 28.8 Å². The molecule has 0 amide bonds. The topological polar surface area (TPSA) is 118 Å². The van der Waals surface area contributed by atoms with Gasteiger partial charge in [0.05, 0.1) is 7.11 Å². The predicted octanol–water partition coefficient (Wildman–Crippen LogP) is 0.215. The van der Waals surface area contributed by atoms with Gasteiger partial charge in [0.15, 0.2) is 12.2 Å². The van der Waals surface area contributed by atoms with E-state index in [2.05, 4.69) is 11.3 Å². The van der Waals surface area contributed by atoms with E-state index in [1.165, 1.54) is 6.08 Å². The number of carbonyl (C=O) groups is 3. The number of rotatable bonds is 6. The molecular formula is C16H22O9. The third-order valence-electron chi connectivity index (χ3n) is 3.18. The van der Waals surface area contributed by atoms with Crippen LogP contribution in [-0.2, 0) is 38.1 Å². The first-order valence-corrected chi connectivity index (χ1v) is 7.45. The second-order valence-electron chi connectivity index (χ2n) is 5.17. The van der Waals surface area contributed by atoms with Gasteiger partial charge in [0.1, 0.15) is 11.9 Å². The molecule has 1 N–H and O–H groups in total. The lowest BCUT2D eigenvalue weighted by Gasteiger charge is -2.41. The smallest absolute Gasteiger partial charge is 0.338 e. The molecule has 25 heavy (non-hydrogen) atoms. The second kappa shape index (κ2) is 9.19. The van der Waals surface area contributed by atoms with Crippen molar-refractivity contribution < 1.29 is 43.2 Å². The van der Waals surface area contributed by atoms with E-state index in [1.807, 2.05) is 0 Å². The third-order valence-corrected chi connectivity index (χ3v) is 3.18. The highest BCUT2D eigenvalue weighted by Gasteiger charge is 2.53. The normalized spacial score (nSPS) is 28.9. The van der Waals surface area contributed by atoms with Crippen LogP contribution in [0.3, 0.4) is 0 Å². The van der Waals surface area contributed by atoms with Crippen LogP contribution in [0.2, 0.25) is 0 Å². The molecule has 1 aliphatic heterocycles. The maximum atomic E-state index is 11.8. The molecule has 0 spiro atoms. The maximum absolute atomic E-state index is 11.8. The van der Waals surface area contributed by atoms with Crippen molar-refractivity contribution in [2.24, 2.45) is 0 Å². The first-order valence-electron chi connectivity index (χ1n) is 7.45. The first kappa shape index (κ1) is 20.7. The molecule has 0 aromatic carbocycles. The molecule has 1 unspecified atom stereocenters. The highest BCUT2D eigenvalue weighted by atomic mass is 16.7. The minimum Gasteiger partial charge on any atom is -0.467 e. The molecule has 1 aliphatic rings. The summed E-state index contributed by atoms with van der Waals surface area (Å²) in [5.41, 5.74) is 0. The lowest BCUT2D eigenvalue weighted by molar-refractivity contribution is -0.290. The SMILES string of the molecule is C=C(/C=C\C)OC1O[C@H](C(=O)OC)[C@@H](O)[C@H](OC(C)=O)[C@H]1OC(C)=O. The van der Waals surface area contributed by atoms with Crippen LogP contribution in [-0.4, -0.2) is 60.8 Å². The lowest BCUT2D eigenvalue weighted by Crippen LogP contribution is -2.62. The lowest BCUT2D eigenvalue weighted by atomic mass is 9.98. The molecule has 1 fully saturated rings. The minimum atomic E-state index is -1.63. The summed E-state index contributed by atoms with van der Waals surface area (Å²) in [7, 11) is 1.10. The number of aliphatic hydroxyl groups excluding tert-OH is 1. The molecule has 0 radical (unpaired) electrons. The van der Waals surface area contributed by atoms with Gasteiger partial charge in [-0.1, -0.05) is 12.7 Å². The summed E-state index contributed by atoms with van der Waals surface area (Å²) in [6, 6.07) is 0. The van der Waals surface area contributed by atoms with Crippen LogP contribution in [0.4, 0.5) is 0 Å². The number of allylic oxidation sites excluding steroid dienone is 2.